The molecule has 0 aliphatic carbocycles. The molecule has 0 nitrogen and oxygen atoms in total. The fourth-order valence-corrected chi connectivity index (χ4v) is 4.11. The molecule has 0 aromatic heterocycles. The molecule has 0 radical (unpaired) electrons. The van der Waals surface area contributed by atoms with Gasteiger partial charge >= 0.3 is 0 Å². The molecule has 0 N–H and O–H groups in total. The maximum atomic E-state index is 2.32. The lowest BCUT2D eigenvalue weighted by atomic mass is 9.78. The topological polar surface area (TPSA) is 0 Å². The standard InChI is InChI=1S/C24H26/c1-23(2,3)19-13-9-15-8-12-18-20(24(4,5)6)14-10-16-7-11-17(19)21(15)22(16)18/h7-14H,1-6H3. The zero-order chi connectivity index (χ0) is 17.3. The zero-order valence-electron chi connectivity index (χ0n) is 15.6. The second kappa shape index (κ2) is 4.72. The van der Waals surface area contributed by atoms with Gasteiger partial charge < -0.3 is 0 Å². The van der Waals surface area contributed by atoms with E-state index in [4.69, 9.17) is 0 Å². The minimum Gasteiger partial charge on any atom is -0.0573 e. The third kappa shape index (κ3) is 2.13. The van der Waals surface area contributed by atoms with E-state index >= 15 is 0 Å². The Morgan fingerprint density at radius 1 is 0.458 bits per heavy atom. The molecule has 4 aromatic rings. The smallest absolute Gasteiger partial charge is 0.00237 e. The van der Waals surface area contributed by atoms with E-state index in [-0.39, 0.29) is 10.8 Å². The molecule has 0 heterocycles. The van der Waals surface area contributed by atoms with Crippen LogP contribution in [0.3, 0.4) is 0 Å². The van der Waals surface area contributed by atoms with Gasteiger partial charge in [-0.15, -0.1) is 0 Å². The predicted octanol–water partition coefficient (Wildman–Crippen LogP) is 7.18. The van der Waals surface area contributed by atoms with Gasteiger partial charge in [0.1, 0.15) is 0 Å². The molecule has 0 aliphatic rings. The number of hydrogen-bond donors (Lipinski definition) is 0. The van der Waals surface area contributed by atoms with Crippen molar-refractivity contribution >= 4 is 32.3 Å². The average molecular weight is 314 g/mol. The molecule has 122 valence electrons. The van der Waals surface area contributed by atoms with Gasteiger partial charge in [0.15, 0.2) is 0 Å². The summed E-state index contributed by atoms with van der Waals surface area (Å²) in [5.74, 6) is 0. The van der Waals surface area contributed by atoms with E-state index in [9.17, 15) is 0 Å². The van der Waals surface area contributed by atoms with E-state index in [0.29, 0.717) is 0 Å². The number of benzene rings is 4. The Morgan fingerprint density at radius 2 is 0.792 bits per heavy atom. The van der Waals surface area contributed by atoms with Crippen molar-refractivity contribution in [3.05, 3.63) is 59.7 Å². The minimum absolute atomic E-state index is 0.148. The Labute approximate surface area is 144 Å². The summed E-state index contributed by atoms with van der Waals surface area (Å²) in [5.41, 5.74) is 3.17. The van der Waals surface area contributed by atoms with Crippen LogP contribution in [-0.2, 0) is 10.8 Å². The maximum absolute atomic E-state index is 2.32. The van der Waals surface area contributed by atoms with E-state index in [1.165, 1.54) is 43.4 Å². The number of rotatable bonds is 0. The molecule has 24 heavy (non-hydrogen) atoms. The number of hydrogen-bond acceptors (Lipinski definition) is 0. The third-order valence-corrected chi connectivity index (χ3v) is 5.28. The Kier molecular flexibility index (Phi) is 3.04. The van der Waals surface area contributed by atoms with Gasteiger partial charge in [0.2, 0.25) is 0 Å². The first-order valence-corrected chi connectivity index (χ1v) is 8.89. The summed E-state index contributed by atoms with van der Waals surface area (Å²) < 4.78 is 0. The molecule has 0 saturated heterocycles. The first-order valence-electron chi connectivity index (χ1n) is 8.89. The molecule has 0 amide bonds. The summed E-state index contributed by atoms with van der Waals surface area (Å²) in [6, 6.07) is 18.5. The molecule has 0 heteroatoms. The van der Waals surface area contributed by atoms with Gasteiger partial charge in [0.05, 0.1) is 0 Å². The van der Waals surface area contributed by atoms with Crippen LogP contribution in [0.4, 0.5) is 0 Å². The van der Waals surface area contributed by atoms with Crippen molar-refractivity contribution in [3.8, 4) is 0 Å². The van der Waals surface area contributed by atoms with E-state index in [1.807, 2.05) is 0 Å². The first kappa shape index (κ1) is 15.4. The highest BCUT2D eigenvalue weighted by Gasteiger charge is 2.22. The van der Waals surface area contributed by atoms with Gasteiger partial charge in [-0.2, -0.15) is 0 Å². The highest BCUT2D eigenvalue weighted by atomic mass is 14.3. The lowest BCUT2D eigenvalue weighted by Gasteiger charge is -2.25. The first-order chi connectivity index (χ1) is 11.2. The van der Waals surface area contributed by atoms with Crippen molar-refractivity contribution in [2.24, 2.45) is 0 Å². The summed E-state index contributed by atoms with van der Waals surface area (Å²) >= 11 is 0. The Morgan fingerprint density at radius 3 is 1.12 bits per heavy atom. The van der Waals surface area contributed by atoms with Crippen LogP contribution >= 0.6 is 0 Å². The quantitative estimate of drug-likeness (QED) is 0.301. The highest BCUT2D eigenvalue weighted by molar-refractivity contribution is 6.24. The average Bonchev–Trinajstić information content (AvgIpc) is 2.50. The van der Waals surface area contributed by atoms with Crippen LogP contribution in [0.1, 0.15) is 52.7 Å². The zero-order valence-corrected chi connectivity index (χ0v) is 15.6. The molecule has 0 saturated carbocycles. The van der Waals surface area contributed by atoms with Gasteiger partial charge in [-0.3, -0.25) is 0 Å². The van der Waals surface area contributed by atoms with Crippen LogP contribution in [0.15, 0.2) is 48.5 Å². The van der Waals surface area contributed by atoms with Crippen molar-refractivity contribution in [1.29, 1.82) is 0 Å². The molecule has 0 unspecified atom stereocenters. The summed E-state index contributed by atoms with van der Waals surface area (Å²) in [6.07, 6.45) is 0. The molecule has 0 atom stereocenters. The summed E-state index contributed by atoms with van der Waals surface area (Å²) in [5, 5.41) is 8.38. The van der Waals surface area contributed by atoms with Crippen molar-refractivity contribution in [2.75, 3.05) is 0 Å². The lowest BCUT2D eigenvalue weighted by molar-refractivity contribution is 0.595. The predicted molar refractivity (Wildman–Crippen MR) is 108 cm³/mol. The molecule has 4 aromatic carbocycles. The normalized spacial score (nSPS) is 13.4. The Hall–Kier alpha value is -2.08. The summed E-state index contributed by atoms with van der Waals surface area (Å²) in [4.78, 5) is 0. The second-order valence-electron chi connectivity index (χ2n) is 9.15. The summed E-state index contributed by atoms with van der Waals surface area (Å²) in [7, 11) is 0. The van der Waals surface area contributed by atoms with Gasteiger partial charge in [-0.05, 0) is 54.3 Å². The van der Waals surface area contributed by atoms with Crippen molar-refractivity contribution < 1.29 is 0 Å². The van der Waals surface area contributed by atoms with Crippen molar-refractivity contribution in [3.63, 3.8) is 0 Å². The molecular weight excluding hydrogens is 288 g/mol. The van der Waals surface area contributed by atoms with Gasteiger partial charge in [0.25, 0.3) is 0 Å². The second-order valence-corrected chi connectivity index (χ2v) is 9.15. The Bertz CT molecular complexity index is 965. The van der Waals surface area contributed by atoms with E-state index in [0.717, 1.165) is 0 Å². The SMILES string of the molecule is CC(C)(C)c1ccc2ccc3c(C(C)(C)C)ccc4ccc1c2c43. The van der Waals surface area contributed by atoms with Crippen LogP contribution in [0.2, 0.25) is 0 Å². The van der Waals surface area contributed by atoms with E-state index < -0.39 is 0 Å². The van der Waals surface area contributed by atoms with E-state index in [1.54, 1.807) is 0 Å². The largest absolute Gasteiger partial charge is 0.0573 e. The monoisotopic (exact) mass is 314 g/mol. The third-order valence-electron chi connectivity index (χ3n) is 5.28. The molecule has 0 bridgehead atoms. The molecule has 0 fully saturated rings. The van der Waals surface area contributed by atoms with Gasteiger partial charge in [-0.25, -0.2) is 0 Å². The van der Waals surface area contributed by atoms with Crippen LogP contribution in [0.5, 0.6) is 0 Å². The van der Waals surface area contributed by atoms with Crippen molar-refractivity contribution in [2.45, 2.75) is 52.4 Å². The van der Waals surface area contributed by atoms with Crippen LogP contribution in [0, 0.1) is 0 Å². The summed E-state index contributed by atoms with van der Waals surface area (Å²) in [6.45, 7) is 13.8. The van der Waals surface area contributed by atoms with Crippen LogP contribution < -0.4 is 0 Å². The van der Waals surface area contributed by atoms with Crippen molar-refractivity contribution in [1.82, 2.24) is 0 Å². The molecule has 4 rings (SSSR count). The van der Waals surface area contributed by atoms with Gasteiger partial charge in [-0.1, -0.05) is 90.1 Å². The molecule has 0 spiro atoms. The lowest BCUT2D eigenvalue weighted by Crippen LogP contribution is -2.13. The van der Waals surface area contributed by atoms with Gasteiger partial charge in [0, 0.05) is 0 Å². The molecule has 0 aliphatic heterocycles. The van der Waals surface area contributed by atoms with Crippen LogP contribution in [-0.4, -0.2) is 0 Å². The Balaban J connectivity index is 2.26. The van der Waals surface area contributed by atoms with Crippen LogP contribution in [0.25, 0.3) is 32.3 Å². The molecular formula is C24H26. The maximum Gasteiger partial charge on any atom is -0.00237 e. The van der Waals surface area contributed by atoms with E-state index in [2.05, 4.69) is 90.1 Å². The fourth-order valence-electron chi connectivity index (χ4n) is 4.11. The fraction of sp³-hybridized carbons (Fsp3) is 0.333. The minimum atomic E-state index is 0.148. The highest BCUT2D eigenvalue weighted by Crippen LogP contribution is 2.42.